The van der Waals surface area contributed by atoms with E-state index >= 15 is 0 Å². The van der Waals surface area contributed by atoms with Crippen molar-refractivity contribution in [3.05, 3.63) is 70.3 Å². The van der Waals surface area contributed by atoms with Crippen molar-refractivity contribution >= 4 is 29.3 Å². The van der Waals surface area contributed by atoms with Crippen LogP contribution in [0.4, 0.5) is 5.69 Å². The molecule has 1 aliphatic heterocycles. The standard InChI is InChI=1S/C22H21N3O3S/c1-14-6-4-5-7-18(14)25-21(27)19(12-15-8-10-16(28-3)11-9-15)29-22(25)17(13-23)20(26)24-2/h4-11,19H,12H2,1-3H3,(H,24,26)/b22-17+/t19-/m1/s1. The van der Waals surface area contributed by atoms with E-state index in [0.29, 0.717) is 17.1 Å². The molecule has 1 atom stereocenters. The smallest absolute Gasteiger partial charge is 0.264 e. The number of anilines is 1. The van der Waals surface area contributed by atoms with Gasteiger partial charge >= 0.3 is 0 Å². The van der Waals surface area contributed by atoms with Gasteiger partial charge in [-0.15, -0.1) is 0 Å². The number of benzene rings is 2. The lowest BCUT2D eigenvalue weighted by Crippen LogP contribution is -2.31. The van der Waals surface area contributed by atoms with Crippen LogP contribution in [0.3, 0.4) is 0 Å². The van der Waals surface area contributed by atoms with E-state index < -0.39 is 11.2 Å². The number of likely N-dealkylation sites (N-methyl/N-ethyl adjacent to an activating group) is 1. The molecule has 1 saturated heterocycles. The van der Waals surface area contributed by atoms with Crippen LogP contribution in [0.2, 0.25) is 0 Å². The van der Waals surface area contributed by atoms with Gasteiger partial charge in [-0.1, -0.05) is 42.1 Å². The van der Waals surface area contributed by atoms with Crippen LogP contribution in [0.5, 0.6) is 5.75 Å². The highest BCUT2D eigenvalue weighted by Gasteiger charge is 2.41. The van der Waals surface area contributed by atoms with E-state index in [4.69, 9.17) is 4.74 Å². The van der Waals surface area contributed by atoms with Crippen LogP contribution in [-0.2, 0) is 16.0 Å². The zero-order valence-electron chi connectivity index (χ0n) is 16.4. The SMILES string of the molecule is CNC(=O)/C(C#N)=C1/S[C@H](Cc2ccc(OC)cc2)C(=O)N1c1ccccc1C. The summed E-state index contributed by atoms with van der Waals surface area (Å²) in [5.74, 6) is 0.0888. The number of nitriles is 1. The Labute approximate surface area is 174 Å². The van der Waals surface area contributed by atoms with Gasteiger partial charge in [0.25, 0.3) is 5.91 Å². The Balaban J connectivity index is 2.03. The zero-order valence-corrected chi connectivity index (χ0v) is 17.2. The van der Waals surface area contributed by atoms with Crippen molar-refractivity contribution in [2.24, 2.45) is 0 Å². The molecule has 7 heteroatoms. The fraction of sp³-hybridized carbons (Fsp3) is 0.227. The van der Waals surface area contributed by atoms with Crippen LogP contribution in [-0.4, -0.2) is 31.2 Å². The number of hydrogen-bond acceptors (Lipinski definition) is 5. The number of ether oxygens (including phenoxy) is 1. The number of carbonyl (C=O) groups excluding carboxylic acids is 2. The maximum Gasteiger partial charge on any atom is 0.264 e. The monoisotopic (exact) mass is 407 g/mol. The minimum absolute atomic E-state index is 0.0636. The van der Waals surface area contributed by atoms with Crippen LogP contribution < -0.4 is 15.0 Å². The highest BCUT2D eigenvalue weighted by molar-refractivity contribution is 8.05. The van der Waals surface area contributed by atoms with Gasteiger partial charge < -0.3 is 10.1 Å². The Morgan fingerprint density at radius 2 is 1.93 bits per heavy atom. The molecule has 0 unspecified atom stereocenters. The van der Waals surface area contributed by atoms with E-state index in [1.165, 1.54) is 23.7 Å². The van der Waals surface area contributed by atoms with Gasteiger partial charge in [-0.25, -0.2) is 0 Å². The quantitative estimate of drug-likeness (QED) is 0.608. The summed E-state index contributed by atoms with van der Waals surface area (Å²) in [5, 5.41) is 12.0. The molecule has 1 N–H and O–H groups in total. The van der Waals surface area contributed by atoms with Gasteiger partial charge in [0, 0.05) is 7.05 Å². The normalized spacial score (nSPS) is 17.7. The minimum Gasteiger partial charge on any atom is -0.497 e. The average Bonchev–Trinajstić information content (AvgIpc) is 3.05. The molecule has 29 heavy (non-hydrogen) atoms. The number of rotatable bonds is 5. The summed E-state index contributed by atoms with van der Waals surface area (Å²) in [4.78, 5) is 27.1. The summed E-state index contributed by atoms with van der Waals surface area (Å²) < 4.78 is 5.18. The summed E-state index contributed by atoms with van der Waals surface area (Å²) >= 11 is 1.25. The van der Waals surface area contributed by atoms with Crippen molar-refractivity contribution in [1.29, 1.82) is 5.26 Å². The van der Waals surface area contributed by atoms with E-state index in [2.05, 4.69) is 5.32 Å². The fourth-order valence-electron chi connectivity index (χ4n) is 3.12. The van der Waals surface area contributed by atoms with Gasteiger partial charge in [-0.05, 0) is 42.7 Å². The van der Waals surface area contributed by atoms with Gasteiger partial charge in [0.1, 0.15) is 22.4 Å². The highest BCUT2D eigenvalue weighted by Crippen LogP contribution is 2.42. The lowest BCUT2D eigenvalue weighted by Gasteiger charge is -2.20. The Bertz CT molecular complexity index is 1010. The molecule has 1 fully saturated rings. The largest absolute Gasteiger partial charge is 0.497 e. The molecule has 1 heterocycles. The summed E-state index contributed by atoms with van der Waals surface area (Å²) in [6, 6.07) is 16.9. The number of nitrogens with one attached hydrogen (secondary N) is 1. The molecular formula is C22H21N3O3S. The van der Waals surface area contributed by atoms with Gasteiger partial charge in [-0.2, -0.15) is 5.26 Å². The minimum atomic E-state index is -0.508. The van der Waals surface area contributed by atoms with Crippen LogP contribution in [0, 0.1) is 18.3 Å². The Morgan fingerprint density at radius 1 is 1.24 bits per heavy atom. The average molecular weight is 407 g/mol. The molecule has 3 rings (SSSR count). The first-order valence-electron chi connectivity index (χ1n) is 9.05. The van der Waals surface area contributed by atoms with Crippen molar-refractivity contribution in [3.63, 3.8) is 0 Å². The van der Waals surface area contributed by atoms with Crippen molar-refractivity contribution in [1.82, 2.24) is 5.32 Å². The van der Waals surface area contributed by atoms with E-state index in [9.17, 15) is 14.9 Å². The second kappa shape index (κ2) is 8.84. The third kappa shape index (κ3) is 4.13. The number of thioether (sulfide) groups is 1. The predicted molar refractivity (Wildman–Crippen MR) is 113 cm³/mol. The van der Waals surface area contributed by atoms with Gasteiger partial charge in [0.2, 0.25) is 5.91 Å². The highest BCUT2D eigenvalue weighted by atomic mass is 32.2. The first-order chi connectivity index (χ1) is 14.0. The second-order valence-corrected chi connectivity index (χ2v) is 7.68. The van der Waals surface area contributed by atoms with E-state index in [1.807, 2.05) is 61.5 Å². The first kappa shape index (κ1) is 20.5. The molecule has 0 aromatic heterocycles. The van der Waals surface area contributed by atoms with Gasteiger partial charge in [0.15, 0.2) is 0 Å². The second-order valence-electron chi connectivity index (χ2n) is 6.49. The molecule has 148 valence electrons. The Hall–Kier alpha value is -3.24. The molecule has 2 aromatic rings. The number of amides is 2. The van der Waals surface area contributed by atoms with E-state index in [-0.39, 0.29) is 11.5 Å². The van der Waals surface area contributed by atoms with Crippen molar-refractivity contribution in [2.45, 2.75) is 18.6 Å². The third-order valence-electron chi connectivity index (χ3n) is 4.67. The molecule has 2 amide bonds. The van der Waals surface area contributed by atoms with E-state index in [1.54, 1.807) is 7.11 Å². The molecule has 0 spiro atoms. The summed E-state index contributed by atoms with van der Waals surface area (Å²) in [7, 11) is 3.07. The van der Waals surface area contributed by atoms with Crippen LogP contribution >= 0.6 is 11.8 Å². The number of carbonyl (C=O) groups is 2. The van der Waals surface area contributed by atoms with Crippen molar-refractivity contribution in [2.75, 3.05) is 19.1 Å². The van der Waals surface area contributed by atoms with Gasteiger partial charge in [0.05, 0.1) is 18.0 Å². The van der Waals surface area contributed by atoms with Gasteiger partial charge in [-0.3, -0.25) is 14.5 Å². The number of methoxy groups -OCH3 is 1. The molecule has 0 aliphatic carbocycles. The molecule has 1 aliphatic rings. The summed E-state index contributed by atoms with van der Waals surface area (Å²) in [5.41, 5.74) is 2.47. The molecule has 2 aromatic carbocycles. The van der Waals surface area contributed by atoms with Crippen molar-refractivity contribution < 1.29 is 14.3 Å². The number of hydrogen-bond donors (Lipinski definition) is 1. The van der Waals surface area contributed by atoms with Crippen molar-refractivity contribution in [3.8, 4) is 11.8 Å². The lowest BCUT2D eigenvalue weighted by molar-refractivity contribution is -0.117. The zero-order chi connectivity index (χ0) is 21.0. The third-order valence-corrected chi connectivity index (χ3v) is 5.93. The predicted octanol–water partition coefficient (Wildman–Crippen LogP) is 3.18. The maximum atomic E-state index is 13.3. The van der Waals surface area contributed by atoms with Crippen LogP contribution in [0.1, 0.15) is 11.1 Å². The number of nitrogens with zero attached hydrogens (tertiary/aromatic N) is 2. The van der Waals surface area contributed by atoms with Crippen LogP contribution in [0.25, 0.3) is 0 Å². The summed E-state index contributed by atoms with van der Waals surface area (Å²) in [6.07, 6.45) is 0.478. The molecule has 0 radical (unpaired) electrons. The summed E-state index contributed by atoms with van der Waals surface area (Å²) in [6.45, 7) is 1.90. The Kier molecular flexibility index (Phi) is 6.25. The fourth-order valence-corrected chi connectivity index (χ4v) is 4.42. The molecule has 0 bridgehead atoms. The first-order valence-corrected chi connectivity index (χ1v) is 9.93. The maximum absolute atomic E-state index is 13.3. The number of para-hydroxylation sites is 1. The molecule has 0 saturated carbocycles. The Morgan fingerprint density at radius 3 is 2.52 bits per heavy atom. The number of aryl methyl sites for hydroxylation is 1. The van der Waals surface area contributed by atoms with Crippen LogP contribution in [0.15, 0.2) is 59.1 Å². The lowest BCUT2D eigenvalue weighted by atomic mass is 10.1. The molecular weight excluding hydrogens is 386 g/mol. The van der Waals surface area contributed by atoms with E-state index in [0.717, 1.165) is 16.9 Å². The molecule has 6 nitrogen and oxygen atoms in total. The topological polar surface area (TPSA) is 82.4 Å².